The van der Waals surface area contributed by atoms with Crippen LogP contribution in [0.3, 0.4) is 0 Å². The number of aryl methyl sites for hydroxylation is 3. The zero-order valence-electron chi connectivity index (χ0n) is 16.9. The maximum absolute atomic E-state index is 12.4. The Balaban J connectivity index is 1.52. The molecule has 0 unspecified atom stereocenters. The molecule has 0 N–H and O–H groups in total. The lowest BCUT2D eigenvalue weighted by Crippen LogP contribution is -2.12. The van der Waals surface area contributed by atoms with Crippen LogP contribution in [0, 0.1) is 12.8 Å². The van der Waals surface area contributed by atoms with Gasteiger partial charge in [0.25, 0.3) is 0 Å². The van der Waals surface area contributed by atoms with Crippen molar-refractivity contribution in [3.05, 3.63) is 47.0 Å². The molecule has 0 spiro atoms. The third-order valence-corrected chi connectivity index (χ3v) is 5.83. The molecule has 1 fully saturated rings. The minimum absolute atomic E-state index is 0.273. The van der Waals surface area contributed by atoms with Gasteiger partial charge in [0, 0.05) is 32.2 Å². The van der Waals surface area contributed by atoms with Crippen molar-refractivity contribution in [2.45, 2.75) is 84.6 Å². The molecular weight excluding hydrogens is 334 g/mol. The fourth-order valence-electron chi connectivity index (χ4n) is 4.31. The number of nitrogens with zero attached hydrogens (tertiary/aromatic N) is 3. The number of carbonyl (C=O) groups is 1. The highest BCUT2D eigenvalue weighted by Gasteiger charge is 2.17. The summed E-state index contributed by atoms with van der Waals surface area (Å²) >= 11 is 0. The second kappa shape index (κ2) is 9.82. The van der Waals surface area contributed by atoms with E-state index < -0.39 is 0 Å². The third-order valence-electron chi connectivity index (χ3n) is 5.83. The highest BCUT2D eigenvalue weighted by atomic mass is 16.1. The fraction of sp³-hybridized carbons (Fsp3) is 0.609. The molecule has 0 atom stereocenters. The van der Waals surface area contributed by atoms with Gasteiger partial charge in [-0.05, 0) is 31.7 Å². The smallest absolute Gasteiger partial charge is 0.137 e. The number of Topliss-reactive ketones (excluding diaryl/α,β-unsaturated/α-hetero) is 1. The first kappa shape index (κ1) is 19.8. The van der Waals surface area contributed by atoms with Gasteiger partial charge in [0.15, 0.2) is 0 Å². The lowest BCUT2D eigenvalue weighted by Gasteiger charge is -2.21. The van der Waals surface area contributed by atoms with E-state index in [1.54, 1.807) is 0 Å². The van der Waals surface area contributed by atoms with Gasteiger partial charge in [-0.15, -0.1) is 10.2 Å². The second-order valence-electron chi connectivity index (χ2n) is 8.02. The number of benzene rings is 1. The summed E-state index contributed by atoms with van der Waals surface area (Å²) < 4.78 is 2.22. The molecule has 1 aliphatic carbocycles. The minimum Gasteiger partial charge on any atom is -0.315 e. The van der Waals surface area contributed by atoms with E-state index in [4.69, 9.17) is 0 Å². The van der Waals surface area contributed by atoms with E-state index in [0.29, 0.717) is 19.3 Å². The van der Waals surface area contributed by atoms with Crippen molar-refractivity contribution in [3.63, 3.8) is 0 Å². The molecule has 0 bridgehead atoms. The number of hydrogen-bond acceptors (Lipinski definition) is 3. The Labute approximate surface area is 163 Å². The molecular formula is C23H33N3O. The average molecular weight is 368 g/mol. The number of rotatable bonds is 9. The van der Waals surface area contributed by atoms with E-state index in [9.17, 15) is 4.79 Å². The molecule has 0 amide bonds. The van der Waals surface area contributed by atoms with Crippen LogP contribution >= 0.6 is 0 Å². The highest BCUT2D eigenvalue weighted by molar-refractivity contribution is 5.81. The van der Waals surface area contributed by atoms with Crippen molar-refractivity contribution < 1.29 is 4.79 Å². The van der Waals surface area contributed by atoms with E-state index in [2.05, 4.69) is 40.7 Å². The monoisotopic (exact) mass is 367 g/mol. The Morgan fingerprint density at radius 1 is 1.11 bits per heavy atom. The number of ketones is 1. The van der Waals surface area contributed by atoms with Crippen molar-refractivity contribution in [2.75, 3.05) is 0 Å². The first-order valence-corrected chi connectivity index (χ1v) is 10.6. The van der Waals surface area contributed by atoms with Gasteiger partial charge < -0.3 is 4.57 Å². The van der Waals surface area contributed by atoms with E-state index in [1.807, 2.05) is 12.1 Å². The summed E-state index contributed by atoms with van der Waals surface area (Å²) in [5.74, 6) is 3.20. The van der Waals surface area contributed by atoms with Crippen molar-refractivity contribution >= 4 is 5.78 Å². The predicted octanol–water partition coefficient (Wildman–Crippen LogP) is 4.86. The van der Waals surface area contributed by atoms with Crippen molar-refractivity contribution in [3.8, 4) is 0 Å². The van der Waals surface area contributed by atoms with Gasteiger partial charge in [-0.1, -0.05) is 61.9 Å². The first-order valence-electron chi connectivity index (χ1n) is 10.6. The molecule has 1 aromatic heterocycles. The molecule has 27 heavy (non-hydrogen) atoms. The Bertz CT molecular complexity index is 744. The molecule has 0 radical (unpaired) electrons. The van der Waals surface area contributed by atoms with Crippen LogP contribution < -0.4 is 0 Å². The van der Waals surface area contributed by atoms with Gasteiger partial charge in [-0.3, -0.25) is 4.79 Å². The summed E-state index contributed by atoms with van der Waals surface area (Å²) in [6.07, 6.45) is 10.9. The van der Waals surface area contributed by atoms with E-state index in [-0.39, 0.29) is 5.78 Å². The van der Waals surface area contributed by atoms with E-state index in [0.717, 1.165) is 36.1 Å². The zero-order chi connectivity index (χ0) is 19.1. The van der Waals surface area contributed by atoms with Crippen LogP contribution in [0.4, 0.5) is 0 Å². The minimum atomic E-state index is 0.273. The van der Waals surface area contributed by atoms with Gasteiger partial charge in [-0.2, -0.15) is 0 Å². The molecule has 4 nitrogen and oxygen atoms in total. The zero-order valence-corrected chi connectivity index (χ0v) is 16.9. The number of aromatic nitrogens is 3. The predicted molar refractivity (Wildman–Crippen MR) is 109 cm³/mol. The molecule has 1 saturated carbocycles. The Morgan fingerprint density at radius 2 is 1.85 bits per heavy atom. The molecule has 1 aromatic carbocycles. The SMILES string of the molecule is CCn1c(CCC(=O)Cc2cccc(C)c2)nnc1CCC1CCCCC1. The Kier molecular flexibility index (Phi) is 7.19. The molecule has 2 aromatic rings. The quantitative estimate of drug-likeness (QED) is 0.635. The van der Waals surface area contributed by atoms with Crippen LogP contribution in [0.2, 0.25) is 0 Å². The highest BCUT2D eigenvalue weighted by Crippen LogP contribution is 2.27. The normalized spacial score (nSPS) is 15.2. The third kappa shape index (κ3) is 5.75. The summed E-state index contributed by atoms with van der Waals surface area (Å²) in [4.78, 5) is 12.4. The van der Waals surface area contributed by atoms with Crippen LogP contribution in [0.25, 0.3) is 0 Å². The topological polar surface area (TPSA) is 47.8 Å². The van der Waals surface area contributed by atoms with E-state index >= 15 is 0 Å². The van der Waals surface area contributed by atoms with Gasteiger partial charge in [0.1, 0.15) is 17.4 Å². The maximum Gasteiger partial charge on any atom is 0.137 e. The van der Waals surface area contributed by atoms with Crippen LogP contribution in [0.15, 0.2) is 24.3 Å². The molecule has 0 saturated heterocycles. The Hall–Kier alpha value is -1.97. The molecule has 4 heteroatoms. The van der Waals surface area contributed by atoms with Crippen molar-refractivity contribution in [1.29, 1.82) is 0 Å². The summed E-state index contributed by atoms with van der Waals surface area (Å²) in [5, 5.41) is 8.85. The van der Waals surface area contributed by atoms with Gasteiger partial charge in [-0.25, -0.2) is 0 Å². The average Bonchev–Trinajstić information content (AvgIpc) is 3.07. The fourth-order valence-corrected chi connectivity index (χ4v) is 4.31. The van der Waals surface area contributed by atoms with Gasteiger partial charge >= 0.3 is 0 Å². The van der Waals surface area contributed by atoms with Crippen LogP contribution in [-0.2, 0) is 30.6 Å². The summed E-state index contributed by atoms with van der Waals surface area (Å²) in [7, 11) is 0. The summed E-state index contributed by atoms with van der Waals surface area (Å²) in [6, 6.07) is 8.20. The van der Waals surface area contributed by atoms with Crippen LogP contribution in [0.1, 0.15) is 74.6 Å². The summed E-state index contributed by atoms with van der Waals surface area (Å²) in [5.41, 5.74) is 2.30. The molecule has 0 aliphatic heterocycles. The largest absolute Gasteiger partial charge is 0.315 e. The van der Waals surface area contributed by atoms with Gasteiger partial charge in [0.05, 0.1) is 0 Å². The standard InChI is InChI=1S/C23H33N3O/c1-3-26-22(14-12-19-9-5-4-6-10-19)24-25-23(26)15-13-21(27)17-20-11-7-8-18(2)16-20/h7-8,11,16,19H,3-6,9-10,12-15,17H2,1-2H3. The van der Waals surface area contributed by atoms with E-state index in [1.165, 1.54) is 44.1 Å². The van der Waals surface area contributed by atoms with Crippen molar-refractivity contribution in [1.82, 2.24) is 14.8 Å². The maximum atomic E-state index is 12.4. The molecule has 146 valence electrons. The Morgan fingerprint density at radius 3 is 2.56 bits per heavy atom. The molecule has 1 heterocycles. The summed E-state index contributed by atoms with van der Waals surface area (Å²) in [6.45, 7) is 5.09. The number of hydrogen-bond donors (Lipinski definition) is 0. The molecule has 3 rings (SSSR count). The van der Waals surface area contributed by atoms with Crippen molar-refractivity contribution in [2.24, 2.45) is 5.92 Å². The van der Waals surface area contributed by atoms with Gasteiger partial charge in [0.2, 0.25) is 0 Å². The second-order valence-corrected chi connectivity index (χ2v) is 8.02. The lowest BCUT2D eigenvalue weighted by atomic mass is 9.86. The first-order chi connectivity index (χ1) is 13.2. The number of carbonyl (C=O) groups excluding carboxylic acids is 1. The van der Waals surface area contributed by atoms with Crippen LogP contribution in [-0.4, -0.2) is 20.5 Å². The lowest BCUT2D eigenvalue weighted by molar-refractivity contribution is -0.118. The van der Waals surface area contributed by atoms with Crippen LogP contribution in [0.5, 0.6) is 0 Å². The molecule has 1 aliphatic rings.